The van der Waals surface area contributed by atoms with Crippen molar-refractivity contribution >= 4 is 34.1 Å². The van der Waals surface area contributed by atoms with Gasteiger partial charge in [-0.25, -0.2) is 4.39 Å². The Labute approximate surface area is 206 Å². The van der Waals surface area contributed by atoms with Crippen LogP contribution >= 0.6 is 11.6 Å². The Morgan fingerprint density at radius 3 is 2.63 bits per heavy atom. The van der Waals surface area contributed by atoms with E-state index in [1.165, 1.54) is 12.3 Å². The topological polar surface area (TPSA) is 79.3 Å². The molecule has 1 fully saturated rings. The molecule has 0 saturated carbocycles. The quantitative estimate of drug-likeness (QED) is 0.446. The number of pyridine rings is 2. The second-order valence-corrected chi connectivity index (χ2v) is 8.72. The standard InChI is InChI=1S/C26H23ClFN5O2/c27-17-6-7-30-18(12-17)15-31-26(35)21-16-33(19-4-2-1-3-5-19)23-14-24(32-10-8-29-9-11-32)22(28)13-20(23)25(21)34/h1-7,12-14,16,29H,8-11,15H2,(H,31,35). The summed E-state index contributed by atoms with van der Waals surface area (Å²) in [6.07, 6.45) is 3.06. The number of anilines is 1. The van der Waals surface area contributed by atoms with Gasteiger partial charge in [0.15, 0.2) is 0 Å². The molecular formula is C26H23ClFN5O2. The number of halogens is 2. The smallest absolute Gasteiger partial charge is 0.257 e. The number of rotatable bonds is 5. The average molecular weight is 492 g/mol. The highest BCUT2D eigenvalue weighted by Crippen LogP contribution is 2.27. The van der Waals surface area contributed by atoms with E-state index < -0.39 is 17.2 Å². The number of aromatic nitrogens is 2. The van der Waals surface area contributed by atoms with Gasteiger partial charge in [0.1, 0.15) is 11.4 Å². The Kier molecular flexibility index (Phi) is 6.48. The maximum Gasteiger partial charge on any atom is 0.257 e. The summed E-state index contributed by atoms with van der Waals surface area (Å²) in [5, 5.41) is 6.62. The number of amides is 1. The number of nitrogens with one attached hydrogen (secondary N) is 2. The van der Waals surface area contributed by atoms with Gasteiger partial charge < -0.3 is 20.1 Å². The number of hydrogen-bond donors (Lipinski definition) is 2. The second-order valence-electron chi connectivity index (χ2n) is 8.28. The zero-order chi connectivity index (χ0) is 24.4. The molecule has 1 saturated heterocycles. The van der Waals surface area contributed by atoms with E-state index in [1.54, 1.807) is 29.0 Å². The molecule has 0 bridgehead atoms. The van der Waals surface area contributed by atoms with E-state index >= 15 is 4.39 Å². The van der Waals surface area contributed by atoms with Gasteiger partial charge in [-0.2, -0.15) is 0 Å². The van der Waals surface area contributed by atoms with Gasteiger partial charge in [0, 0.05) is 54.7 Å². The van der Waals surface area contributed by atoms with E-state index in [1.807, 2.05) is 35.2 Å². The average Bonchev–Trinajstić information content (AvgIpc) is 2.88. The Balaban J connectivity index is 1.60. The third kappa shape index (κ3) is 4.76. The van der Waals surface area contributed by atoms with Gasteiger partial charge in [0.2, 0.25) is 5.43 Å². The Morgan fingerprint density at radius 1 is 1.11 bits per heavy atom. The number of para-hydroxylation sites is 1. The first-order valence-electron chi connectivity index (χ1n) is 11.3. The predicted octanol–water partition coefficient (Wildman–Crippen LogP) is 3.52. The summed E-state index contributed by atoms with van der Waals surface area (Å²) in [7, 11) is 0. The molecule has 9 heteroatoms. The lowest BCUT2D eigenvalue weighted by Gasteiger charge is -2.30. The van der Waals surface area contributed by atoms with Crippen LogP contribution in [0.2, 0.25) is 5.02 Å². The maximum absolute atomic E-state index is 15.2. The van der Waals surface area contributed by atoms with Crippen molar-refractivity contribution in [2.24, 2.45) is 0 Å². The molecular weight excluding hydrogens is 469 g/mol. The van der Waals surface area contributed by atoms with E-state index in [-0.39, 0.29) is 17.5 Å². The summed E-state index contributed by atoms with van der Waals surface area (Å²) in [4.78, 5) is 32.5. The predicted molar refractivity (Wildman–Crippen MR) is 135 cm³/mol. The largest absolute Gasteiger partial charge is 0.367 e. The first kappa shape index (κ1) is 23.0. The minimum absolute atomic E-state index is 0.0855. The highest BCUT2D eigenvalue weighted by atomic mass is 35.5. The van der Waals surface area contributed by atoms with E-state index in [0.717, 1.165) is 18.8 Å². The SMILES string of the molecule is O=C(NCc1cc(Cl)ccn1)c1cn(-c2ccccc2)c2cc(N3CCNCC3)c(F)cc2c1=O. The molecule has 0 unspecified atom stereocenters. The van der Waals surface area contributed by atoms with Crippen LogP contribution in [-0.4, -0.2) is 41.6 Å². The number of nitrogens with zero attached hydrogens (tertiary/aromatic N) is 3. The molecule has 3 heterocycles. The fourth-order valence-electron chi connectivity index (χ4n) is 4.26. The van der Waals surface area contributed by atoms with Crippen molar-refractivity contribution in [1.82, 2.24) is 20.2 Å². The van der Waals surface area contributed by atoms with Crippen LogP contribution in [0.15, 0.2) is 71.8 Å². The summed E-state index contributed by atoms with van der Waals surface area (Å²) in [6, 6.07) is 15.6. The van der Waals surface area contributed by atoms with E-state index in [4.69, 9.17) is 11.6 Å². The minimum atomic E-state index is -0.574. The number of hydrogen-bond acceptors (Lipinski definition) is 5. The van der Waals surface area contributed by atoms with Crippen LogP contribution in [0.4, 0.5) is 10.1 Å². The van der Waals surface area contributed by atoms with Gasteiger partial charge in [0.25, 0.3) is 5.91 Å². The van der Waals surface area contributed by atoms with E-state index in [2.05, 4.69) is 15.6 Å². The van der Waals surface area contributed by atoms with Crippen LogP contribution < -0.4 is 21.0 Å². The summed E-state index contributed by atoms with van der Waals surface area (Å²) in [6.45, 7) is 2.93. The number of benzene rings is 2. The molecule has 2 aromatic heterocycles. The number of carbonyl (C=O) groups excluding carboxylic acids is 1. The van der Waals surface area contributed by atoms with Crippen molar-refractivity contribution in [3.8, 4) is 5.69 Å². The first-order chi connectivity index (χ1) is 17.0. The van der Waals surface area contributed by atoms with Crippen LogP contribution in [0.5, 0.6) is 0 Å². The molecule has 0 atom stereocenters. The molecule has 35 heavy (non-hydrogen) atoms. The fourth-order valence-corrected chi connectivity index (χ4v) is 4.44. The molecule has 2 N–H and O–H groups in total. The number of carbonyl (C=O) groups is 1. The number of piperazine rings is 1. The maximum atomic E-state index is 15.2. The first-order valence-corrected chi connectivity index (χ1v) is 11.7. The lowest BCUT2D eigenvalue weighted by molar-refractivity contribution is 0.0949. The van der Waals surface area contributed by atoms with Crippen LogP contribution in [-0.2, 0) is 6.54 Å². The van der Waals surface area contributed by atoms with Crippen molar-refractivity contribution in [2.75, 3.05) is 31.1 Å². The third-order valence-electron chi connectivity index (χ3n) is 6.02. The molecule has 1 aliphatic rings. The van der Waals surface area contributed by atoms with Crippen LogP contribution in [0, 0.1) is 5.82 Å². The molecule has 7 nitrogen and oxygen atoms in total. The van der Waals surface area contributed by atoms with Crippen LogP contribution in [0.25, 0.3) is 16.6 Å². The fraction of sp³-hybridized carbons (Fsp3) is 0.192. The zero-order valence-electron chi connectivity index (χ0n) is 18.8. The summed E-state index contributed by atoms with van der Waals surface area (Å²) >= 11 is 5.99. The third-order valence-corrected chi connectivity index (χ3v) is 6.25. The van der Waals surface area contributed by atoms with Gasteiger partial charge in [-0.15, -0.1) is 0 Å². The molecule has 0 spiro atoms. The Morgan fingerprint density at radius 2 is 1.89 bits per heavy atom. The van der Waals surface area contributed by atoms with Gasteiger partial charge >= 0.3 is 0 Å². The number of fused-ring (bicyclic) bond motifs is 1. The van der Waals surface area contributed by atoms with Gasteiger partial charge in [0.05, 0.1) is 23.4 Å². The molecule has 0 aliphatic carbocycles. The zero-order valence-corrected chi connectivity index (χ0v) is 19.6. The Bertz CT molecular complexity index is 1450. The molecule has 1 aliphatic heterocycles. The lowest BCUT2D eigenvalue weighted by atomic mass is 10.1. The van der Waals surface area contributed by atoms with Gasteiger partial charge in [-0.3, -0.25) is 14.6 Å². The lowest BCUT2D eigenvalue weighted by Crippen LogP contribution is -2.43. The highest BCUT2D eigenvalue weighted by molar-refractivity contribution is 6.30. The summed E-state index contributed by atoms with van der Waals surface area (Å²) in [5.74, 6) is -1.06. The van der Waals surface area contributed by atoms with Crippen LogP contribution in [0.1, 0.15) is 16.1 Å². The summed E-state index contributed by atoms with van der Waals surface area (Å²) < 4.78 is 17.0. The molecule has 5 rings (SSSR count). The molecule has 0 radical (unpaired) electrons. The van der Waals surface area contributed by atoms with Crippen molar-refractivity contribution in [1.29, 1.82) is 0 Å². The molecule has 178 valence electrons. The van der Waals surface area contributed by atoms with Gasteiger partial charge in [-0.1, -0.05) is 29.8 Å². The summed E-state index contributed by atoms with van der Waals surface area (Å²) in [5.41, 5.74) is 1.66. The van der Waals surface area contributed by atoms with Crippen LogP contribution in [0.3, 0.4) is 0 Å². The normalized spacial score (nSPS) is 13.7. The Hall–Kier alpha value is -3.75. The monoisotopic (exact) mass is 491 g/mol. The van der Waals surface area contributed by atoms with Crippen molar-refractivity contribution in [2.45, 2.75) is 6.54 Å². The molecule has 1 amide bonds. The van der Waals surface area contributed by atoms with Crippen molar-refractivity contribution < 1.29 is 9.18 Å². The van der Waals surface area contributed by atoms with Crippen molar-refractivity contribution in [3.63, 3.8) is 0 Å². The molecule has 2 aromatic carbocycles. The highest BCUT2D eigenvalue weighted by Gasteiger charge is 2.21. The second kappa shape index (κ2) is 9.85. The van der Waals surface area contributed by atoms with Gasteiger partial charge in [-0.05, 0) is 36.4 Å². The minimum Gasteiger partial charge on any atom is -0.367 e. The van der Waals surface area contributed by atoms with E-state index in [9.17, 15) is 9.59 Å². The van der Waals surface area contributed by atoms with Crippen molar-refractivity contribution in [3.05, 3.63) is 99.3 Å². The van der Waals surface area contributed by atoms with E-state index in [0.29, 0.717) is 35.0 Å². The molecule has 4 aromatic rings.